The molecule has 5 heteroatoms. The molecule has 1 heterocycles. The van der Waals surface area contributed by atoms with Crippen molar-refractivity contribution in [3.63, 3.8) is 0 Å². The summed E-state index contributed by atoms with van der Waals surface area (Å²) in [6.07, 6.45) is 1.46. The maximum atomic E-state index is 12.6. The van der Waals surface area contributed by atoms with Gasteiger partial charge in [-0.15, -0.1) is 0 Å². The molecule has 1 amide bonds. The van der Waals surface area contributed by atoms with Crippen molar-refractivity contribution in [2.24, 2.45) is 5.92 Å². The Morgan fingerprint density at radius 3 is 2.45 bits per heavy atom. The lowest BCUT2D eigenvalue weighted by Crippen LogP contribution is -2.36. The van der Waals surface area contributed by atoms with Gasteiger partial charge in [0, 0.05) is 18.7 Å². The zero-order chi connectivity index (χ0) is 16.1. The van der Waals surface area contributed by atoms with Gasteiger partial charge in [0.25, 0.3) is 5.91 Å². The Balaban J connectivity index is 2.23. The zero-order valence-electron chi connectivity index (χ0n) is 12.7. The van der Waals surface area contributed by atoms with E-state index in [0.717, 1.165) is 11.1 Å². The van der Waals surface area contributed by atoms with E-state index in [9.17, 15) is 9.59 Å². The average Bonchev–Trinajstić information content (AvgIpc) is 2.92. The quantitative estimate of drug-likeness (QED) is 0.890. The summed E-state index contributed by atoms with van der Waals surface area (Å²) in [6, 6.07) is 11.2. The number of benzene rings is 1. The van der Waals surface area contributed by atoms with Gasteiger partial charge in [-0.05, 0) is 18.6 Å². The minimum atomic E-state index is -0.929. The van der Waals surface area contributed by atoms with Crippen molar-refractivity contribution in [1.82, 2.24) is 4.90 Å². The smallest absolute Gasteiger partial charge is 0.308 e. The van der Waals surface area contributed by atoms with Crippen molar-refractivity contribution >= 4 is 11.9 Å². The third-order valence-electron chi connectivity index (χ3n) is 3.48. The fourth-order valence-electron chi connectivity index (χ4n) is 2.17. The summed E-state index contributed by atoms with van der Waals surface area (Å²) < 4.78 is 5.25. The van der Waals surface area contributed by atoms with Gasteiger partial charge in [-0.25, -0.2) is 0 Å². The molecule has 0 bridgehead atoms. The third-order valence-corrected chi connectivity index (χ3v) is 3.48. The molecule has 0 aliphatic rings. The molecule has 116 valence electrons. The fourth-order valence-corrected chi connectivity index (χ4v) is 2.17. The summed E-state index contributed by atoms with van der Waals surface area (Å²) in [4.78, 5) is 25.2. The Morgan fingerprint density at radius 1 is 1.23 bits per heavy atom. The predicted molar refractivity (Wildman–Crippen MR) is 81.4 cm³/mol. The van der Waals surface area contributed by atoms with Crippen LogP contribution >= 0.6 is 0 Å². The monoisotopic (exact) mass is 301 g/mol. The molecule has 0 spiro atoms. The summed E-state index contributed by atoms with van der Waals surface area (Å²) in [5, 5.41) is 9.10. The van der Waals surface area contributed by atoms with Crippen LogP contribution in [0.25, 0.3) is 0 Å². The zero-order valence-corrected chi connectivity index (χ0v) is 12.7. The lowest BCUT2D eigenvalue weighted by atomic mass is 10.1. The Bertz CT molecular complexity index is 648. The average molecular weight is 301 g/mol. The molecular formula is C17H19NO4. The molecule has 2 aromatic rings. The largest absolute Gasteiger partial charge is 0.481 e. The van der Waals surface area contributed by atoms with Crippen LogP contribution in [-0.4, -0.2) is 28.4 Å². The molecule has 2 rings (SSSR count). The van der Waals surface area contributed by atoms with E-state index in [0.29, 0.717) is 6.54 Å². The third kappa shape index (κ3) is 3.75. The Kier molecular flexibility index (Phi) is 4.99. The molecule has 1 aromatic heterocycles. The van der Waals surface area contributed by atoms with Gasteiger partial charge in [0.2, 0.25) is 0 Å². The van der Waals surface area contributed by atoms with Gasteiger partial charge in [0.1, 0.15) is 0 Å². The number of carbonyl (C=O) groups excluding carboxylic acids is 1. The normalized spacial score (nSPS) is 11.9. The highest BCUT2D eigenvalue weighted by Crippen LogP contribution is 2.16. The highest BCUT2D eigenvalue weighted by atomic mass is 16.4. The first kappa shape index (κ1) is 15.8. The lowest BCUT2D eigenvalue weighted by Gasteiger charge is -2.24. The lowest BCUT2D eigenvalue weighted by molar-refractivity contribution is -0.141. The second-order valence-electron chi connectivity index (χ2n) is 5.34. The van der Waals surface area contributed by atoms with Crippen LogP contribution in [0.15, 0.2) is 47.1 Å². The van der Waals surface area contributed by atoms with Crippen LogP contribution in [0.5, 0.6) is 0 Å². The van der Waals surface area contributed by atoms with E-state index in [1.165, 1.54) is 11.2 Å². The topological polar surface area (TPSA) is 70.8 Å². The molecule has 0 fully saturated rings. The van der Waals surface area contributed by atoms with E-state index in [1.807, 2.05) is 30.3 Å². The number of rotatable bonds is 6. The summed E-state index contributed by atoms with van der Waals surface area (Å²) >= 11 is 0. The molecule has 0 saturated heterocycles. The van der Waals surface area contributed by atoms with E-state index in [1.54, 1.807) is 19.9 Å². The number of carboxylic acids is 1. The van der Waals surface area contributed by atoms with Crippen LogP contribution in [0, 0.1) is 12.8 Å². The fraction of sp³-hybridized carbons (Fsp3) is 0.294. The standard InChI is InChI=1S/C17H19NO4/c1-12-8-9-22-15(12)16(19)18(10-13(2)17(20)21)11-14-6-4-3-5-7-14/h3-9,13H,10-11H2,1-2H3,(H,20,21). The van der Waals surface area contributed by atoms with E-state index in [4.69, 9.17) is 9.52 Å². The number of aliphatic carboxylic acids is 1. The minimum absolute atomic E-state index is 0.128. The highest BCUT2D eigenvalue weighted by Gasteiger charge is 2.24. The van der Waals surface area contributed by atoms with E-state index >= 15 is 0 Å². The summed E-state index contributed by atoms with van der Waals surface area (Å²) in [5.41, 5.74) is 1.68. The number of nitrogens with zero attached hydrogens (tertiary/aromatic N) is 1. The first-order chi connectivity index (χ1) is 10.5. The number of carbonyl (C=O) groups is 2. The van der Waals surface area contributed by atoms with Crippen molar-refractivity contribution in [3.05, 3.63) is 59.5 Å². The summed E-state index contributed by atoms with van der Waals surface area (Å²) in [6.45, 7) is 3.85. The number of amides is 1. The van der Waals surface area contributed by atoms with Crippen LogP contribution in [0.2, 0.25) is 0 Å². The molecule has 5 nitrogen and oxygen atoms in total. The number of hydrogen-bond acceptors (Lipinski definition) is 3. The SMILES string of the molecule is Cc1ccoc1C(=O)N(Cc1ccccc1)CC(C)C(=O)O. The predicted octanol–water partition coefficient (Wildman–Crippen LogP) is 2.95. The van der Waals surface area contributed by atoms with Crippen LogP contribution in [0.4, 0.5) is 0 Å². The number of hydrogen-bond donors (Lipinski definition) is 1. The highest BCUT2D eigenvalue weighted by molar-refractivity contribution is 5.93. The van der Waals surface area contributed by atoms with Gasteiger partial charge < -0.3 is 14.4 Å². The molecule has 1 N–H and O–H groups in total. The molecule has 22 heavy (non-hydrogen) atoms. The molecule has 1 aromatic carbocycles. The molecule has 1 atom stereocenters. The van der Waals surface area contributed by atoms with Crippen LogP contribution in [0.1, 0.15) is 28.6 Å². The second kappa shape index (κ2) is 6.93. The van der Waals surface area contributed by atoms with Gasteiger partial charge in [0.05, 0.1) is 12.2 Å². The number of carboxylic acid groups (broad SMARTS) is 1. The molecule has 0 aliphatic carbocycles. The summed E-state index contributed by atoms with van der Waals surface area (Å²) in [5.74, 6) is -1.61. The Hall–Kier alpha value is -2.56. The Labute approximate surface area is 129 Å². The van der Waals surface area contributed by atoms with E-state index < -0.39 is 11.9 Å². The van der Waals surface area contributed by atoms with Crippen molar-refractivity contribution in [3.8, 4) is 0 Å². The molecule has 0 radical (unpaired) electrons. The molecule has 0 aliphatic heterocycles. The minimum Gasteiger partial charge on any atom is -0.481 e. The van der Waals surface area contributed by atoms with Crippen LogP contribution < -0.4 is 0 Å². The van der Waals surface area contributed by atoms with Crippen LogP contribution in [-0.2, 0) is 11.3 Å². The van der Waals surface area contributed by atoms with Crippen molar-refractivity contribution in [1.29, 1.82) is 0 Å². The van der Waals surface area contributed by atoms with E-state index in [-0.39, 0.29) is 18.2 Å². The van der Waals surface area contributed by atoms with Crippen molar-refractivity contribution < 1.29 is 19.1 Å². The second-order valence-corrected chi connectivity index (χ2v) is 5.34. The first-order valence-electron chi connectivity index (χ1n) is 7.09. The first-order valence-corrected chi connectivity index (χ1v) is 7.09. The molecular weight excluding hydrogens is 282 g/mol. The van der Waals surface area contributed by atoms with Gasteiger partial charge in [-0.3, -0.25) is 9.59 Å². The maximum Gasteiger partial charge on any atom is 0.308 e. The molecule has 0 saturated carbocycles. The Morgan fingerprint density at radius 2 is 1.91 bits per heavy atom. The van der Waals surface area contributed by atoms with Gasteiger partial charge >= 0.3 is 5.97 Å². The van der Waals surface area contributed by atoms with Crippen LogP contribution in [0.3, 0.4) is 0 Å². The van der Waals surface area contributed by atoms with Crippen molar-refractivity contribution in [2.45, 2.75) is 20.4 Å². The maximum absolute atomic E-state index is 12.6. The number of furan rings is 1. The van der Waals surface area contributed by atoms with Gasteiger partial charge in [0.15, 0.2) is 5.76 Å². The number of aryl methyl sites for hydroxylation is 1. The van der Waals surface area contributed by atoms with E-state index in [2.05, 4.69) is 0 Å². The van der Waals surface area contributed by atoms with Gasteiger partial charge in [-0.1, -0.05) is 37.3 Å². The molecule has 1 unspecified atom stereocenters. The van der Waals surface area contributed by atoms with Gasteiger partial charge in [-0.2, -0.15) is 0 Å². The van der Waals surface area contributed by atoms with Crippen molar-refractivity contribution in [2.75, 3.05) is 6.54 Å². The summed E-state index contributed by atoms with van der Waals surface area (Å²) in [7, 11) is 0.